The van der Waals surface area contributed by atoms with Crippen molar-refractivity contribution < 1.29 is 27.9 Å². The lowest BCUT2D eigenvalue weighted by molar-refractivity contribution is -0.146. The maximum Gasteiger partial charge on any atom is 0.310 e. The summed E-state index contributed by atoms with van der Waals surface area (Å²) in [6.07, 6.45) is -0.429. The summed E-state index contributed by atoms with van der Waals surface area (Å²) in [6.45, 7) is 7.04. The van der Waals surface area contributed by atoms with E-state index in [1.165, 1.54) is 42.4 Å². The van der Waals surface area contributed by atoms with Crippen LogP contribution in [0.25, 0.3) is 0 Å². The van der Waals surface area contributed by atoms with Crippen LogP contribution >= 0.6 is 0 Å². The standard InChI is InChI=1S/C18H26N2O6S/c1-12-9-20(10-13(2)26-12)27(24,25)15-7-5-6-14(8-15)16(21)19-11-18(3,4)17(22)23/h5-8,12-13H,9-11H2,1-4H3,(H,19,21)(H,22,23). The molecule has 2 rings (SSSR count). The van der Waals surface area contributed by atoms with Gasteiger partial charge in [0, 0.05) is 25.2 Å². The second kappa shape index (κ2) is 7.95. The monoisotopic (exact) mass is 398 g/mol. The van der Waals surface area contributed by atoms with E-state index >= 15 is 0 Å². The molecule has 0 saturated carbocycles. The largest absolute Gasteiger partial charge is 0.481 e. The van der Waals surface area contributed by atoms with Crippen LogP contribution < -0.4 is 5.32 Å². The zero-order chi connectivity index (χ0) is 20.4. The minimum Gasteiger partial charge on any atom is -0.481 e. The van der Waals surface area contributed by atoms with Crippen LogP contribution in [0.15, 0.2) is 29.2 Å². The number of aliphatic carboxylic acids is 1. The van der Waals surface area contributed by atoms with Crippen LogP contribution in [0.1, 0.15) is 38.1 Å². The molecule has 1 aliphatic rings. The minimum atomic E-state index is -3.76. The quantitative estimate of drug-likeness (QED) is 0.747. The van der Waals surface area contributed by atoms with Gasteiger partial charge in [-0.05, 0) is 45.9 Å². The Morgan fingerprint density at radius 1 is 1.26 bits per heavy atom. The zero-order valence-corrected chi connectivity index (χ0v) is 16.7. The molecule has 1 amide bonds. The van der Waals surface area contributed by atoms with Crippen molar-refractivity contribution in [2.45, 2.75) is 44.8 Å². The van der Waals surface area contributed by atoms with Crippen LogP contribution in [-0.4, -0.2) is 61.5 Å². The molecule has 8 nitrogen and oxygen atoms in total. The summed E-state index contributed by atoms with van der Waals surface area (Å²) in [6, 6.07) is 5.74. The third-order valence-electron chi connectivity index (χ3n) is 4.39. The van der Waals surface area contributed by atoms with Crippen molar-refractivity contribution in [2.24, 2.45) is 5.41 Å². The van der Waals surface area contributed by atoms with Crippen molar-refractivity contribution >= 4 is 21.9 Å². The number of benzene rings is 1. The highest BCUT2D eigenvalue weighted by molar-refractivity contribution is 7.89. The molecule has 0 radical (unpaired) electrons. The second-order valence-corrected chi connectivity index (χ2v) is 9.42. The predicted octanol–water partition coefficient (Wildman–Crippen LogP) is 1.33. The highest BCUT2D eigenvalue weighted by atomic mass is 32.2. The highest BCUT2D eigenvalue weighted by Crippen LogP contribution is 2.22. The van der Waals surface area contributed by atoms with E-state index in [1.54, 1.807) is 0 Å². The van der Waals surface area contributed by atoms with E-state index in [4.69, 9.17) is 9.84 Å². The molecule has 2 N–H and O–H groups in total. The van der Waals surface area contributed by atoms with Gasteiger partial charge in [0.1, 0.15) is 0 Å². The molecule has 1 aliphatic heterocycles. The molecule has 0 spiro atoms. The third-order valence-corrected chi connectivity index (χ3v) is 6.22. The van der Waals surface area contributed by atoms with Gasteiger partial charge in [-0.3, -0.25) is 9.59 Å². The lowest BCUT2D eigenvalue weighted by Crippen LogP contribution is -2.48. The van der Waals surface area contributed by atoms with Gasteiger partial charge < -0.3 is 15.2 Å². The SMILES string of the molecule is CC1CN(S(=O)(=O)c2cccc(C(=O)NCC(C)(C)C(=O)O)c2)CC(C)O1. The summed E-state index contributed by atoms with van der Waals surface area (Å²) < 4.78 is 32.8. The number of carbonyl (C=O) groups is 2. The van der Waals surface area contributed by atoms with Crippen LogP contribution in [-0.2, 0) is 19.6 Å². The molecule has 9 heteroatoms. The molecule has 150 valence electrons. The first-order valence-corrected chi connectivity index (χ1v) is 10.1. The van der Waals surface area contributed by atoms with Gasteiger partial charge in [-0.25, -0.2) is 8.42 Å². The summed E-state index contributed by atoms with van der Waals surface area (Å²) in [7, 11) is -3.76. The molecule has 0 bridgehead atoms. The number of hydrogen-bond acceptors (Lipinski definition) is 5. The topological polar surface area (TPSA) is 113 Å². The number of ether oxygens (including phenoxy) is 1. The van der Waals surface area contributed by atoms with Crippen molar-refractivity contribution in [3.63, 3.8) is 0 Å². The van der Waals surface area contributed by atoms with E-state index in [9.17, 15) is 18.0 Å². The highest BCUT2D eigenvalue weighted by Gasteiger charge is 2.33. The smallest absolute Gasteiger partial charge is 0.310 e. The Bertz CT molecular complexity index is 811. The lowest BCUT2D eigenvalue weighted by atomic mass is 9.94. The Labute approximate surface area is 159 Å². The summed E-state index contributed by atoms with van der Waals surface area (Å²) in [5, 5.41) is 11.7. The predicted molar refractivity (Wildman–Crippen MR) is 99.0 cm³/mol. The number of hydrogen-bond donors (Lipinski definition) is 2. The third kappa shape index (κ3) is 5.06. The number of amides is 1. The number of carbonyl (C=O) groups excluding carboxylic acids is 1. The molecule has 2 unspecified atom stereocenters. The number of morpholine rings is 1. The Kier molecular flexibility index (Phi) is 6.28. The molecular weight excluding hydrogens is 372 g/mol. The van der Waals surface area contributed by atoms with Crippen LogP contribution in [0.5, 0.6) is 0 Å². The van der Waals surface area contributed by atoms with E-state index in [0.29, 0.717) is 0 Å². The van der Waals surface area contributed by atoms with Gasteiger partial charge in [0.25, 0.3) is 5.91 Å². The molecule has 1 fully saturated rings. The fourth-order valence-electron chi connectivity index (χ4n) is 2.75. The Morgan fingerprint density at radius 3 is 2.41 bits per heavy atom. The Morgan fingerprint density at radius 2 is 1.85 bits per heavy atom. The Balaban J connectivity index is 2.19. The van der Waals surface area contributed by atoms with Crippen LogP contribution in [0, 0.1) is 5.41 Å². The lowest BCUT2D eigenvalue weighted by Gasteiger charge is -2.34. The van der Waals surface area contributed by atoms with Gasteiger partial charge in [0.2, 0.25) is 10.0 Å². The summed E-state index contributed by atoms with van der Waals surface area (Å²) in [4.78, 5) is 23.5. The molecule has 2 atom stereocenters. The van der Waals surface area contributed by atoms with Crippen LogP contribution in [0.2, 0.25) is 0 Å². The number of carboxylic acid groups (broad SMARTS) is 1. The fourth-order valence-corrected chi connectivity index (χ4v) is 4.39. The fraction of sp³-hybridized carbons (Fsp3) is 0.556. The van der Waals surface area contributed by atoms with Crippen LogP contribution in [0.3, 0.4) is 0 Å². The van der Waals surface area contributed by atoms with Crippen LogP contribution in [0.4, 0.5) is 0 Å². The minimum absolute atomic E-state index is 0.0222. The number of nitrogens with zero attached hydrogens (tertiary/aromatic N) is 1. The number of sulfonamides is 1. The first-order chi connectivity index (χ1) is 12.4. The van der Waals surface area contributed by atoms with E-state index in [2.05, 4.69) is 5.32 Å². The van der Waals surface area contributed by atoms with Crippen molar-refractivity contribution in [1.82, 2.24) is 9.62 Å². The number of rotatable bonds is 6. The molecule has 1 aromatic carbocycles. The first-order valence-electron chi connectivity index (χ1n) is 8.71. The Hall–Kier alpha value is -1.97. The molecule has 1 saturated heterocycles. The van der Waals surface area contributed by atoms with Crippen molar-refractivity contribution in [3.05, 3.63) is 29.8 Å². The van der Waals surface area contributed by atoms with Gasteiger partial charge >= 0.3 is 5.97 Å². The van der Waals surface area contributed by atoms with E-state index < -0.39 is 27.3 Å². The molecular formula is C18H26N2O6S. The van der Waals surface area contributed by atoms with Gasteiger partial charge in [0.05, 0.1) is 22.5 Å². The van der Waals surface area contributed by atoms with E-state index in [-0.39, 0.29) is 42.3 Å². The molecule has 0 aromatic heterocycles. The van der Waals surface area contributed by atoms with Crippen molar-refractivity contribution in [1.29, 1.82) is 0 Å². The molecule has 27 heavy (non-hydrogen) atoms. The average Bonchev–Trinajstić information content (AvgIpc) is 2.59. The molecule has 1 aromatic rings. The van der Waals surface area contributed by atoms with Gasteiger partial charge in [0.15, 0.2) is 0 Å². The van der Waals surface area contributed by atoms with E-state index in [1.807, 2.05) is 13.8 Å². The normalized spacial score (nSPS) is 21.6. The summed E-state index contributed by atoms with van der Waals surface area (Å²) in [5.41, 5.74) is -0.967. The number of carboxylic acids is 1. The van der Waals surface area contributed by atoms with Gasteiger partial charge in [-0.15, -0.1) is 0 Å². The average molecular weight is 398 g/mol. The second-order valence-electron chi connectivity index (χ2n) is 7.48. The maximum atomic E-state index is 12.9. The summed E-state index contributed by atoms with van der Waals surface area (Å²) in [5.74, 6) is -1.56. The van der Waals surface area contributed by atoms with Crippen molar-refractivity contribution in [2.75, 3.05) is 19.6 Å². The zero-order valence-electron chi connectivity index (χ0n) is 15.9. The van der Waals surface area contributed by atoms with Gasteiger partial charge in [-0.2, -0.15) is 4.31 Å². The van der Waals surface area contributed by atoms with Gasteiger partial charge in [-0.1, -0.05) is 6.07 Å². The first kappa shape index (κ1) is 21.3. The van der Waals surface area contributed by atoms with Crippen molar-refractivity contribution in [3.8, 4) is 0 Å². The maximum absolute atomic E-state index is 12.9. The molecule has 1 heterocycles. The van der Waals surface area contributed by atoms with E-state index in [0.717, 1.165) is 0 Å². The number of nitrogens with one attached hydrogen (secondary N) is 1. The molecule has 0 aliphatic carbocycles. The summed E-state index contributed by atoms with van der Waals surface area (Å²) >= 11 is 0.